The van der Waals surface area contributed by atoms with Crippen molar-refractivity contribution in [2.24, 2.45) is 0 Å². The van der Waals surface area contributed by atoms with Crippen LogP contribution in [0.25, 0.3) is 0 Å². The van der Waals surface area contributed by atoms with E-state index in [2.05, 4.69) is 24.3 Å². The zero-order chi connectivity index (χ0) is 12.2. The van der Waals surface area contributed by atoms with E-state index >= 15 is 0 Å². The Bertz CT molecular complexity index is 158. The normalized spacial score (nSPS) is 18.1. The maximum atomic E-state index is 9.75. The van der Waals surface area contributed by atoms with E-state index in [9.17, 15) is 17.3 Å². The zero-order valence-electron chi connectivity index (χ0n) is 9.56. The van der Waals surface area contributed by atoms with Gasteiger partial charge in [-0.3, -0.25) is 0 Å². The first-order chi connectivity index (χ1) is 7.00. The van der Waals surface area contributed by atoms with Gasteiger partial charge < -0.3 is 17.3 Å². The topological polar surface area (TPSA) is 0 Å². The molecule has 98 valence electrons. The largest absolute Gasteiger partial charge is 1.00 e. The van der Waals surface area contributed by atoms with Gasteiger partial charge in [0, 0.05) is 0 Å². The SMILES string of the molecule is C1=C\CCCC\C=C/1.CC.F[B-](F)(F)F.[Rh+]. The minimum atomic E-state index is -6.00. The molecule has 1 aliphatic carbocycles. The summed E-state index contributed by atoms with van der Waals surface area (Å²) in [4.78, 5) is 0. The van der Waals surface area contributed by atoms with E-state index in [0.717, 1.165) is 0 Å². The van der Waals surface area contributed by atoms with Crippen molar-refractivity contribution in [3.05, 3.63) is 24.3 Å². The number of allylic oxidation sites excluding steroid dienone is 4. The molecule has 0 saturated heterocycles. The van der Waals surface area contributed by atoms with Gasteiger partial charge in [0.15, 0.2) is 0 Å². The monoisotopic (exact) mass is 328 g/mol. The first-order valence-electron chi connectivity index (χ1n) is 5.19. The van der Waals surface area contributed by atoms with E-state index in [-0.39, 0.29) is 19.5 Å². The van der Waals surface area contributed by atoms with Crippen molar-refractivity contribution < 1.29 is 36.7 Å². The summed E-state index contributed by atoms with van der Waals surface area (Å²) in [6.07, 6.45) is 14.0. The van der Waals surface area contributed by atoms with Crippen LogP contribution in [0.2, 0.25) is 0 Å². The molecule has 0 spiro atoms. The Hall–Kier alpha value is -0.112. The molecular formula is C10H18BF4Rh. The van der Waals surface area contributed by atoms with Crippen molar-refractivity contribution in [2.45, 2.75) is 39.5 Å². The van der Waals surface area contributed by atoms with Crippen molar-refractivity contribution in [3.63, 3.8) is 0 Å². The van der Waals surface area contributed by atoms with Gasteiger partial charge in [-0.25, -0.2) is 0 Å². The molecule has 0 fully saturated rings. The Labute approximate surface area is 108 Å². The van der Waals surface area contributed by atoms with Crippen LogP contribution in [-0.4, -0.2) is 7.25 Å². The first kappa shape index (κ1) is 21.2. The van der Waals surface area contributed by atoms with Crippen molar-refractivity contribution in [3.8, 4) is 0 Å². The van der Waals surface area contributed by atoms with Gasteiger partial charge in [-0.1, -0.05) is 38.2 Å². The van der Waals surface area contributed by atoms with Crippen molar-refractivity contribution >= 4 is 7.25 Å². The number of halogens is 4. The Morgan fingerprint density at radius 3 is 1.31 bits per heavy atom. The van der Waals surface area contributed by atoms with Gasteiger partial charge in [-0.15, -0.1) is 0 Å². The molecule has 0 aromatic heterocycles. The van der Waals surface area contributed by atoms with Gasteiger partial charge in [-0.2, -0.15) is 0 Å². The maximum Gasteiger partial charge on any atom is 1.00 e. The third-order valence-corrected chi connectivity index (χ3v) is 1.37. The summed E-state index contributed by atoms with van der Waals surface area (Å²) < 4.78 is 39.0. The quantitative estimate of drug-likeness (QED) is 0.434. The summed E-state index contributed by atoms with van der Waals surface area (Å²) in [5.41, 5.74) is 0. The third-order valence-electron chi connectivity index (χ3n) is 1.37. The Morgan fingerprint density at radius 1 is 0.812 bits per heavy atom. The van der Waals surface area contributed by atoms with Gasteiger partial charge >= 0.3 is 26.7 Å². The van der Waals surface area contributed by atoms with Gasteiger partial charge in [-0.05, 0) is 25.7 Å². The van der Waals surface area contributed by atoms with Crippen molar-refractivity contribution in [2.75, 3.05) is 0 Å². The van der Waals surface area contributed by atoms with E-state index in [1.54, 1.807) is 0 Å². The average Bonchev–Trinajstić information content (AvgIpc) is 2.03. The standard InChI is InChI=1S/C8H12.C2H6.BF4.Rh/c1-2-4-6-8-7-5-3-1;1-2;2-1(3,4)5;/h1-4H,5-8H2;1-2H3;;/q;;-1;+1/b3-1-,4-2-;;;. The minimum Gasteiger partial charge on any atom is -0.418 e. The number of rotatable bonds is 0. The predicted molar refractivity (Wildman–Crippen MR) is 58.3 cm³/mol. The fourth-order valence-electron chi connectivity index (χ4n) is 0.874. The minimum absolute atomic E-state index is 0. The fourth-order valence-corrected chi connectivity index (χ4v) is 0.874. The Morgan fingerprint density at radius 2 is 1.06 bits per heavy atom. The molecule has 16 heavy (non-hydrogen) atoms. The van der Waals surface area contributed by atoms with Crippen molar-refractivity contribution in [1.82, 2.24) is 0 Å². The van der Waals surface area contributed by atoms with Gasteiger partial charge in [0.1, 0.15) is 0 Å². The molecule has 0 atom stereocenters. The van der Waals surface area contributed by atoms with Crippen molar-refractivity contribution in [1.29, 1.82) is 0 Å². The second kappa shape index (κ2) is 14.9. The van der Waals surface area contributed by atoms with Crippen LogP contribution in [0.5, 0.6) is 0 Å². The Balaban J connectivity index is -0.000000187. The van der Waals surface area contributed by atoms with Crippen LogP contribution in [-0.2, 0) is 19.5 Å². The molecule has 0 aromatic carbocycles. The van der Waals surface area contributed by atoms with Crippen LogP contribution >= 0.6 is 0 Å². The van der Waals surface area contributed by atoms with E-state index in [1.807, 2.05) is 13.8 Å². The molecule has 0 aromatic rings. The molecular weight excluding hydrogens is 310 g/mol. The summed E-state index contributed by atoms with van der Waals surface area (Å²) in [5, 5.41) is 0. The molecule has 0 N–H and O–H groups in total. The van der Waals surface area contributed by atoms with Gasteiger partial charge in [0.25, 0.3) is 0 Å². The van der Waals surface area contributed by atoms with Crippen LogP contribution in [0.15, 0.2) is 24.3 Å². The molecule has 6 heteroatoms. The summed E-state index contributed by atoms with van der Waals surface area (Å²) in [6.45, 7) is 4.00. The van der Waals surface area contributed by atoms with E-state index in [0.29, 0.717) is 0 Å². The third kappa shape index (κ3) is 37.1. The molecule has 0 saturated carbocycles. The zero-order valence-corrected chi connectivity index (χ0v) is 11.2. The molecule has 0 nitrogen and oxygen atoms in total. The summed E-state index contributed by atoms with van der Waals surface area (Å²) >= 11 is 0. The maximum absolute atomic E-state index is 9.75. The van der Waals surface area contributed by atoms with Crippen LogP contribution in [0.4, 0.5) is 17.3 Å². The second-order valence-corrected chi connectivity index (χ2v) is 2.64. The van der Waals surface area contributed by atoms with Crippen LogP contribution in [0.3, 0.4) is 0 Å². The van der Waals surface area contributed by atoms with Crippen LogP contribution in [0, 0.1) is 0 Å². The first-order valence-corrected chi connectivity index (χ1v) is 5.19. The molecule has 0 unspecified atom stereocenters. The fraction of sp³-hybridized carbons (Fsp3) is 0.600. The average molecular weight is 328 g/mol. The number of hydrogen-bond acceptors (Lipinski definition) is 0. The molecule has 0 bridgehead atoms. The van der Waals surface area contributed by atoms with E-state index in [4.69, 9.17) is 0 Å². The Kier molecular flexibility index (Phi) is 19.7. The van der Waals surface area contributed by atoms with Crippen LogP contribution in [0.1, 0.15) is 39.5 Å². The molecule has 1 rings (SSSR count). The molecule has 0 heterocycles. The molecule has 0 amide bonds. The molecule has 0 radical (unpaired) electrons. The van der Waals surface area contributed by atoms with Crippen LogP contribution < -0.4 is 0 Å². The summed E-state index contributed by atoms with van der Waals surface area (Å²) in [5.74, 6) is 0. The summed E-state index contributed by atoms with van der Waals surface area (Å²) in [6, 6.07) is 0. The summed E-state index contributed by atoms with van der Waals surface area (Å²) in [7, 11) is -6.00. The smallest absolute Gasteiger partial charge is 0.418 e. The van der Waals surface area contributed by atoms with Gasteiger partial charge in [0.2, 0.25) is 0 Å². The molecule has 1 aliphatic rings. The van der Waals surface area contributed by atoms with E-state index < -0.39 is 7.25 Å². The number of hydrogen-bond donors (Lipinski definition) is 0. The second-order valence-electron chi connectivity index (χ2n) is 2.64. The predicted octanol–water partition coefficient (Wildman–Crippen LogP) is 5.00. The van der Waals surface area contributed by atoms with E-state index in [1.165, 1.54) is 25.7 Å². The van der Waals surface area contributed by atoms with Gasteiger partial charge in [0.05, 0.1) is 0 Å². The molecule has 0 aliphatic heterocycles.